The van der Waals surface area contributed by atoms with Crippen LogP contribution in [0.4, 0.5) is 0 Å². The van der Waals surface area contributed by atoms with E-state index in [1.807, 2.05) is 36.4 Å². The Morgan fingerprint density at radius 3 is 2.34 bits per heavy atom. The Kier molecular flexibility index (Phi) is 8.30. The zero-order valence-corrected chi connectivity index (χ0v) is 20.8. The molecule has 2 amide bonds. The Balaban J connectivity index is 1.27. The largest absolute Gasteiger partial charge is 0.493 e. The minimum absolute atomic E-state index is 0.270. The highest BCUT2D eigenvalue weighted by atomic mass is 16.5. The van der Waals surface area contributed by atoms with Crippen molar-refractivity contribution in [2.75, 3.05) is 20.8 Å². The lowest BCUT2D eigenvalue weighted by atomic mass is 10.0. The van der Waals surface area contributed by atoms with Gasteiger partial charge in [0, 0.05) is 5.56 Å². The molecule has 4 aromatic rings. The molecule has 192 valence electrons. The molecule has 0 aliphatic carbocycles. The summed E-state index contributed by atoms with van der Waals surface area (Å²) in [6.07, 6.45) is 1.43. The highest BCUT2D eigenvalue weighted by molar-refractivity contribution is 6.05. The third-order valence-electron chi connectivity index (χ3n) is 5.56. The Bertz CT molecular complexity index is 1490. The molecule has 0 aromatic heterocycles. The first-order valence-electron chi connectivity index (χ1n) is 11.6. The molecule has 0 aliphatic heterocycles. The third kappa shape index (κ3) is 6.33. The van der Waals surface area contributed by atoms with Crippen LogP contribution in [-0.2, 0) is 4.79 Å². The number of carbonyl (C=O) groups excluding carboxylic acids is 3. The fraction of sp³-hybridized carbons (Fsp3) is 0.103. The summed E-state index contributed by atoms with van der Waals surface area (Å²) < 4.78 is 15.8. The van der Waals surface area contributed by atoms with Crippen molar-refractivity contribution in [3.63, 3.8) is 0 Å². The fourth-order valence-electron chi connectivity index (χ4n) is 3.65. The van der Waals surface area contributed by atoms with Crippen molar-refractivity contribution in [2.45, 2.75) is 0 Å². The van der Waals surface area contributed by atoms with Gasteiger partial charge in [-0.3, -0.25) is 9.59 Å². The number of carbonyl (C=O) groups is 3. The zero-order chi connectivity index (χ0) is 26.9. The summed E-state index contributed by atoms with van der Waals surface area (Å²) in [6, 6.07) is 24.4. The van der Waals surface area contributed by atoms with Crippen LogP contribution in [0.1, 0.15) is 26.3 Å². The molecule has 0 bridgehead atoms. The van der Waals surface area contributed by atoms with E-state index in [0.29, 0.717) is 33.9 Å². The molecule has 2 N–H and O–H groups in total. The van der Waals surface area contributed by atoms with Crippen LogP contribution in [0, 0.1) is 0 Å². The average Bonchev–Trinajstić information content (AvgIpc) is 2.96. The van der Waals surface area contributed by atoms with Gasteiger partial charge < -0.3 is 19.5 Å². The van der Waals surface area contributed by atoms with Gasteiger partial charge in [0.1, 0.15) is 5.75 Å². The van der Waals surface area contributed by atoms with Crippen molar-refractivity contribution < 1.29 is 28.6 Å². The number of esters is 1. The van der Waals surface area contributed by atoms with E-state index in [0.717, 1.165) is 10.8 Å². The van der Waals surface area contributed by atoms with Gasteiger partial charge in [0.2, 0.25) is 0 Å². The lowest BCUT2D eigenvalue weighted by Crippen LogP contribution is -2.34. The molecule has 0 saturated heterocycles. The molecular weight excluding hydrogens is 486 g/mol. The number of nitrogens with zero attached hydrogens (tertiary/aromatic N) is 1. The molecule has 0 radical (unpaired) electrons. The van der Waals surface area contributed by atoms with E-state index in [1.54, 1.807) is 42.5 Å². The van der Waals surface area contributed by atoms with Crippen molar-refractivity contribution in [1.82, 2.24) is 10.7 Å². The van der Waals surface area contributed by atoms with Gasteiger partial charge in [0.15, 0.2) is 11.5 Å². The number of hydrogen-bond donors (Lipinski definition) is 2. The van der Waals surface area contributed by atoms with Gasteiger partial charge in [-0.15, -0.1) is 0 Å². The van der Waals surface area contributed by atoms with Crippen LogP contribution in [-0.4, -0.2) is 44.8 Å². The van der Waals surface area contributed by atoms with Crippen molar-refractivity contribution in [3.05, 3.63) is 102 Å². The monoisotopic (exact) mass is 511 g/mol. The van der Waals surface area contributed by atoms with Gasteiger partial charge >= 0.3 is 5.97 Å². The smallest absolute Gasteiger partial charge is 0.344 e. The highest BCUT2D eigenvalue weighted by Crippen LogP contribution is 2.27. The fourth-order valence-corrected chi connectivity index (χ4v) is 3.65. The molecular formula is C29H25N3O6. The normalized spacial score (nSPS) is 10.7. The summed E-state index contributed by atoms with van der Waals surface area (Å²) in [4.78, 5) is 37.1. The molecule has 0 spiro atoms. The maximum absolute atomic E-state index is 12.7. The van der Waals surface area contributed by atoms with Crippen molar-refractivity contribution in [2.24, 2.45) is 5.10 Å². The van der Waals surface area contributed by atoms with Crippen molar-refractivity contribution >= 4 is 34.8 Å². The summed E-state index contributed by atoms with van der Waals surface area (Å²) in [6.45, 7) is -0.270. The van der Waals surface area contributed by atoms with Gasteiger partial charge in [0.05, 0.1) is 32.5 Å². The number of nitrogens with one attached hydrogen (secondary N) is 2. The molecule has 0 unspecified atom stereocenters. The number of methoxy groups -OCH3 is 2. The topological polar surface area (TPSA) is 115 Å². The summed E-state index contributed by atoms with van der Waals surface area (Å²) in [5.41, 5.74) is 3.82. The molecule has 0 fully saturated rings. The van der Waals surface area contributed by atoms with Gasteiger partial charge in [-0.25, -0.2) is 10.2 Å². The van der Waals surface area contributed by atoms with E-state index < -0.39 is 17.8 Å². The number of hydrazone groups is 1. The van der Waals surface area contributed by atoms with Gasteiger partial charge in [-0.05, 0) is 64.9 Å². The number of amides is 2. The van der Waals surface area contributed by atoms with Crippen LogP contribution in [0.5, 0.6) is 17.2 Å². The number of ether oxygens (including phenoxy) is 3. The minimum Gasteiger partial charge on any atom is -0.493 e. The lowest BCUT2D eigenvalue weighted by molar-refractivity contribution is -0.120. The second-order valence-corrected chi connectivity index (χ2v) is 8.03. The van der Waals surface area contributed by atoms with E-state index in [-0.39, 0.29) is 6.54 Å². The van der Waals surface area contributed by atoms with Crippen molar-refractivity contribution in [1.29, 1.82) is 0 Å². The first-order chi connectivity index (χ1) is 18.5. The summed E-state index contributed by atoms with van der Waals surface area (Å²) in [7, 11) is 2.97. The molecule has 0 aliphatic rings. The SMILES string of the molecule is COc1ccc(C(=O)NCC(=O)N/N=C\c2ccc(OC(=O)c3cccc4ccccc34)cc2)cc1OC. The van der Waals surface area contributed by atoms with E-state index >= 15 is 0 Å². The van der Waals surface area contributed by atoms with Crippen LogP contribution < -0.4 is 25.0 Å². The predicted molar refractivity (Wildman–Crippen MR) is 143 cm³/mol. The van der Waals surface area contributed by atoms with E-state index in [2.05, 4.69) is 15.8 Å². The highest BCUT2D eigenvalue weighted by Gasteiger charge is 2.13. The van der Waals surface area contributed by atoms with Crippen LogP contribution in [0.25, 0.3) is 10.8 Å². The van der Waals surface area contributed by atoms with Gasteiger partial charge in [-0.1, -0.05) is 36.4 Å². The zero-order valence-electron chi connectivity index (χ0n) is 20.8. The Labute approximate surface area is 219 Å². The van der Waals surface area contributed by atoms with Crippen LogP contribution in [0.15, 0.2) is 90.0 Å². The predicted octanol–water partition coefficient (Wildman–Crippen LogP) is 3.96. The minimum atomic E-state index is -0.504. The van der Waals surface area contributed by atoms with E-state index in [9.17, 15) is 14.4 Å². The second-order valence-electron chi connectivity index (χ2n) is 8.03. The lowest BCUT2D eigenvalue weighted by Gasteiger charge is -2.09. The first-order valence-corrected chi connectivity index (χ1v) is 11.6. The number of benzene rings is 4. The molecule has 38 heavy (non-hydrogen) atoms. The molecule has 0 saturated carbocycles. The number of hydrogen-bond acceptors (Lipinski definition) is 7. The maximum atomic E-state index is 12.7. The van der Waals surface area contributed by atoms with Crippen LogP contribution in [0.3, 0.4) is 0 Å². The quantitative estimate of drug-likeness (QED) is 0.152. The van der Waals surface area contributed by atoms with Crippen molar-refractivity contribution in [3.8, 4) is 17.2 Å². The number of rotatable bonds is 9. The molecule has 0 heterocycles. The van der Waals surface area contributed by atoms with E-state index in [4.69, 9.17) is 14.2 Å². The molecule has 0 atom stereocenters. The summed E-state index contributed by atoms with van der Waals surface area (Å²) in [5.74, 6) is -0.127. The Morgan fingerprint density at radius 1 is 0.842 bits per heavy atom. The first kappa shape index (κ1) is 25.9. The maximum Gasteiger partial charge on any atom is 0.344 e. The Hall–Kier alpha value is -5.18. The Morgan fingerprint density at radius 2 is 1.58 bits per heavy atom. The van der Waals surface area contributed by atoms with Crippen LogP contribution >= 0.6 is 0 Å². The summed E-state index contributed by atoms with van der Waals surface area (Å²) in [5, 5.41) is 8.18. The summed E-state index contributed by atoms with van der Waals surface area (Å²) >= 11 is 0. The van der Waals surface area contributed by atoms with Crippen LogP contribution in [0.2, 0.25) is 0 Å². The molecule has 9 nitrogen and oxygen atoms in total. The van der Waals surface area contributed by atoms with E-state index in [1.165, 1.54) is 26.5 Å². The molecule has 4 rings (SSSR count). The number of fused-ring (bicyclic) bond motifs is 1. The third-order valence-corrected chi connectivity index (χ3v) is 5.56. The average molecular weight is 512 g/mol. The standard InChI is InChI=1S/C29H25N3O6/c1-36-25-15-12-21(16-26(25)37-2)28(34)30-18-27(33)32-31-17-19-10-13-22(14-11-19)38-29(35)24-9-5-7-20-6-3-4-8-23(20)24/h3-17H,18H2,1-2H3,(H,30,34)(H,32,33)/b31-17-. The van der Waals surface area contributed by atoms with Gasteiger partial charge in [-0.2, -0.15) is 5.10 Å². The molecule has 4 aromatic carbocycles. The van der Waals surface area contributed by atoms with Gasteiger partial charge in [0.25, 0.3) is 11.8 Å². The second kappa shape index (κ2) is 12.2. The molecule has 9 heteroatoms.